The highest BCUT2D eigenvalue weighted by Crippen LogP contribution is 2.54. The van der Waals surface area contributed by atoms with Crippen LogP contribution in [0.15, 0.2) is 0 Å². The number of esters is 1. The van der Waals surface area contributed by atoms with Crippen molar-refractivity contribution < 1.29 is 18.7 Å². The van der Waals surface area contributed by atoms with E-state index in [9.17, 15) is 14.0 Å². The number of ether oxygens (including phenoxy) is 1. The van der Waals surface area contributed by atoms with Gasteiger partial charge in [0.15, 0.2) is 0 Å². The Balaban J connectivity index is 2.27. The first-order valence-corrected chi connectivity index (χ1v) is 6.41. The first-order valence-electron chi connectivity index (χ1n) is 5.53. The summed E-state index contributed by atoms with van der Waals surface area (Å²) in [5.41, 5.74) is 0. The molecule has 0 aliphatic carbocycles. The van der Waals surface area contributed by atoms with Crippen LogP contribution in [-0.2, 0) is 14.3 Å². The fourth-order valence-electron chi connectivity index (χ4n) is 2.56. The molecule has 0 aromatic carbocycles. The lowest BCUT2D eigenvalue weighted by Crippen LogP contribution is -2.64. The molecular weight excluding hydrogens is 245 g/mol. The van der Waals surface area contributed by atoms with E-state index in [-0.39, 0.29) is 11.3 Å². The molecule has 0 unspecified atom stereocenters. The predicted molar refractivity (Wildman–Crippen MR) is 62.2 cm³/mol. The molecule has 1 amide bonds. The normalized spacial score (nSPS) is 36.2. The zero-order valence-electron chi connectivity index (χ0n) is 10.3. The van der Waals surface area contributed by atoms with Gasteiger partial charge in [-0.25, -0.2) is 9.18 Å². The van der Waals surface area contributed by atoms with Crippen molar-refractivity contribution in [3.8, 4) is 0 Å². The predicted octanol–water partition coefficient (Wildman–Crippen LogP) is 1.20. The molecule has 0 saturated carbocycles. The maximum atomic E-state index is 13.3. The molecule has 2 aliphatic rings. The van der Waals surface area contributed by atoms with Gasteiger partial charge >= 0.3 is 5.97 Å². The Bertz CT molecular complexity index is 372. The van der Waals surface area contributed by atoms with Gasteiger partial charge in [-0.2, -0.15) is 0 Å². The quantitative estimate of drug-likeness (QED) is 0.553. The second-order valence-electron chi connectivity index (χ2n) is 4.99. The number of amides is 1. The van der Waals surface area contributed by atoms with Gasteiger partial charge in [0.05, 0.1) is 18.4 Å². The lowest BCUT2D eigenvalue weighted by Gasteiger charge is -2.44. The third kappa shape index (κ3) is 1.64. The second-order valence-corrected chi connectivity index (χ2v) is 6.76. The Labute approximate surface area is 104 Å². The number of halogens is 1. The lowest BCUT2D eigenvalue weighted by molar-refractivity contribution is -0.167. The van der Waals surface area contributed by atoms with E-state index in [0.717, 1.165) is 0 Å². The number of thioether (sulfide) groups is 1. The Morgan fingerprint density at radius 3 is 2.65 bits per heavy atom. The highest BCUT2D eigenvalue weighted by molar-refractivity contribution is 8.01. The van der Waals surface area contributed by atoms with Gasteiger partial charge in [0, 0.05) is 4.75 Å². The van der Waals surface area contributed by atoms with E-state index < -0.39 is 28.8 Å². The van der Waals surface area contributed by atoms with E-state index in [1.807, 2.05) is 13.8 Å². The first kappa shape index (κ1) is 12.7. The van der Waals surface area contributed by atoms with E-state index in [4.69, 9.17) is 4.74 Å². The molecule has 0 spiro atoms. The van der Waals surface area contributed by atoms with Crippen molar-refractivity contribution in [2.45, 2.75) is 43.1 Å². The number of hydrogen-bond donors (Lipinski definition) is 0. The van der Waals surface area contributed by atoms with Gasteiger partial charge in [0.25, 0.3) is 0 Å². The maximum Gasteiger partial charge on any atom is 0.330 e. The van der Waals surface area contributed by atoms with Gasteiger partial charge in [-0.05, 0) is 20.8 Å². The Morgan fingerprint density at radius 2 is 2.18 bits per heavy atom. The van der Waals surface area contributed by atoms with E-state index in [0.29, 0.717) is 0 Å². The van der Waals surface area contributed by atoms with Crippen LogP contribution in [0.5, 0.6) is 0 Å². The molecule has 4 nitrogen and oxygen atoms in total. The minimum atomic E-state index is -1.18. The molecule has 0 aromatic rings. The van der Waals surface area contributed by atoms with Crippen molar-refractivity contribution in [2.24, 2.45) is 5.92 Å². The summed E-state index contributed by atoms with van der Waals surface area (Å²) in [7, 11) is 1.30. The summed E-state index contributed by atoms with van der Waals surface area (Å²) in [6.45, 7) is 5.15. The molecule has 2 heterocycles. The van der Waals surface area contributed by atoms with Gasteiger partial charge < -0.3 is 9.64 Å². The highest BCUT2D eigenvalue weighted by atomic mass is 32.2. The monoisotopic (exact) mass is 261 g/mol. The molecule has 0 aromatic heterocycles. The summed E-state index contributed by atoms with van der Waals surface area (Å²) >= 11 is 1.47. The number of rotatable bonds is 2. The summed E-state index contributed by atoms with van der Waals surface area (Å²) in [5.74, 6) is -1.32. The smallest absolute Gasteiger partial charge is 0.330 e. The van der Waals surface area contributed by atoms with Crippen LogP contribution >= 0.6 is 11.8 Å². The largest absolute Gasteiger partial charge is 0.467 e. The Kier molecular flexibility index (Phi) is 2.88. The zero-order valence-corrected chi connectivity index (χ0v) is 11.1. The minimum absolute atomic E-state index is 0.235. The molecule has 2 aliphatic heterocycles. The van der Waals surface area contributed by atoms with E-state index in [1.165, 1.54) is 30.7 Å². The fraction of sp³-hybridized carbons (Fsp3) is 0.818. The van der Waals surface area contributed by atoms with Crippen molar-refractivity contribution in [1.82, 2.24) is 4.90 Å². The fourth-order valence-corrected chi connectivity index (χ4v) is 4.34. The molecule has 4 atom stereocenters. The zero-order chi connectivity index (χ0) is 13.0. The van der Waals surface area contributed by atoms with Crippen LogP contribution in [0.25, 0.3) is 0 Å². The average Bonchev–Trinajstić information content (AvgIpc) is 2.45. The number of carbonyl (C=O) groups excluding carboxylic acids is 2. The maximum absolute atomic E-state index is 13.3. The molecular formula is C11H16FNO3S. The number of β-lactam (4-membered cyclic amide) rings is 1. The molecule has 0 radical (unpaired) electrons. The molecule has 0 N–H and O–H groups in total. The average molecular weight is 261 g/mol. The molecule has 96 valence electrons. The molecule has 6 heteroatoms. The van der Waals surface area contributed by atoms with Crippen molar-refractivity contribution in [3.63, 3.8) is 0 Å². The molecule has 0 bridgehead atoms. The summed E-state index contributed by atoms with van der Waals surface area (Å²) < 4.78 is 17.6. The van der Waals surface area contributed by atoms with Crippen LogP contribution in [0.1, 0.15) is 20.8 Å². The van der Waals surface area contributed by atoms with Gasteiger partial charge in [-0.1, -0.05) is 0 Å². The topological polar surface area (TPSA) is 46.6 Å². The summed E-state index contributed by atoms with van der Waals surface area (Å²) in [5, 5.41) is -0.235. The Morgan fingerprint density at radius 1 is 1.59 bits per heavy atom. The summed E-state index contributed by atoms with van der Waals surface area (Å²) in [6, 6.07) is -0.606. The van der Waals surface area contributed by atoms with Crippen LogP contribution in [0, 0.1) is 5.92 Å². The first-order chi connectivity index (χ1) is 7.81. The molecule has 2 rings (SSSR count). The molecule has 2 fully saturated rings. The van der Waals surface area contributed by atoms with E-state index >= 15 is 0 Å². The van der Waals surface area contributed by atoms with Crippen molar-refractivity contribution in [3.05, 3.63) is 0 Å². The third-order valence-electron chi connectivity index (χ3n) is 3.40. The van der Waals surface area contributed by atoms with Crippen LogP contribution in [0.4, 0.5) is 4.39 Å². The number of methoxy groups -OCH3 is 1. The van der Waals surface area contributed by atoms with Gasteiger partial charge in [0.2, 0.25) is 5.91 Å². The van der Waals surface area contributed by atoms with Crippen LogP contribution in [0.2, 0.25) is 0 Å². The summed E-state index contributed by atoms with van der Waals surface area (Å²) in [4.78, 5) is 25.1. The third-order valence-corrected chi connectivity index (χ3v) is 4.99. The lowest BCUT2D eigenvalue weighted by atomic mass is 9.89. The Hall–Kier alpha value is -0.780. The number of carbonyl (C=O) groups is 2. The SMILES string of the molecule is COC(=O)[C@@H]1N2C(=O)[C@H]([C@H](C)F)[C@H]2SC1(C)C. The van der Waals surface area contributed by atoms with Gasteiger partial charge in [-0.15, -0.1) is 11.8 Å². The van der Waals surface area contributed by atoms with E-state index in [2.05, 4.69) is 0 Å². The number of hydrogen-bond acceptors (Lipinski definition) is 4. The van der Waals surface area contributed by atoms with Crippen molar-refractivity contribution in [2.75, 3.05) is 7.11 Å². The van der Waals surface area contributed by atoms with Crippen LogP contribution < -0.4 is 0 Å². The summed E-state index contributed by atoms with van der Waals surface area (Å²) in [6.07, 6.45) is -1.18. The van der Waals surface area contributed by atoms with E-state index in [1.54, 1.807) is 0 Å². The van der Waals surface area contributed by atoms with Crippen LogP contribution in [0.3, 0.4) is 0 Å². The number of fused-ring (bicyclic) bond motifs is 1. The number of alkyl halides is 1. The minimum Gasteiger partial charge on any atom is -0.467 e. The van der Waals surface area contributed by atoms with Crippen molar-refractivity contribution >= 4 is 23.6 Å². The molecule has 2 saturated heterocycles. The van der Waals surface area contributed by atoms with Gasteiger partial charge in [-0.3, -0.25) is 4.79 Å². The van der Waals surface area contributed by atoms with Crippen molar-refractivity contribution in [1.29, 1.82) is 0 Å². The van der Waals surface area contributed by atoms with Gasteiger partial charge in [0.1, 0.15) is 12.2 Å². The van der Waals surface area contributed by atoms with Crippen LogP contribution in [-0.4, -0.2) is 46.2 Å². The number of nitrogens with zero attached hydrogens (tertiary/aromatic N) is 1. The standard InChI is InChI=1S/C11H16FNO3S/c1-5(12)6-8(14)13-7(10(15)16-4)11(2,3)17-9(6)13/h5-7,9H,1-4H3/t5-,6-,7-,9+/m0/s1. The molecule has 17 heavy (non-hydrogen) atoms. The highest BCUT2D eigenvalue weighted by Gasteiger charge is 2.65. The second kappa shape index (κ2) is 3.86.